The van der Waals surface area contributed by atoms with Crippen LogP contribution in [0.25, 0.3) is 0 Å². The van der Waals surface area contributed by atoms with E-state index in [1.807, 2.05) is 0 Å². The highest BCUT2D eigenvalue weighted by atomic mass is 16.5. The molecule has 0 bridgehead atoms. The predicted octanol–water partition coefficient (Wildman–Crippen LogP) is 2.15. The second kappa shape index (κ2) is 3.58. The highest BCUT2D eigenvalue weighted by Crippen LogP contribution is 2.37. The van der Waals surface area contributed by atoms with Crippen LogP contribution < -0.4 is 5.32 Å². The van der Waals surface area contributed by atoms with Gasteiger partial charge in [0, 0.05) is 6.54 Å². The van der Waals surface area contributed by atoms with Crippen molar-refractivity contribution in [3.63, 3.8) is 0 Å². The van der Waals surface area contributed by atoms with E-state index in [0.717, 1.165) is 25.0 Å². The molecule has 2 nitrogen and oxygen atoms in total. The second-order valence-corrected chi connectivity index (χ2v) is 4.85. The highest BCUT2D eigenvalue weighted by molar-refractivity contribution is 4.88. The van der Waals surface area contributed by atoms with Crippen LogP contribution in [0.1, 0.15) is 39.5 Å². The highest BCUT2D eigenvalue weighted by Gasteiger charge is 2.38. The first kappa shape index (κ1) is 9.47. The molecule has 1 spiro atoms. The molecule has 1 aliphatic carbocycles. The van der Waals surface area contributed by atoms with Crippen LogP contribution in [0.2, 0.25) is 0 Å². The Morgan fingerprint density at radius 1 is 1.31 bits per heavy atom. The first-order chi connectivity index (χ1) is 6.22. The molecular weight excluding hydrogens is 162 g/mol. The van der Waals surface area contributed by atoms with Crippen LogP contribution in [0.5, 0.6) is 0 Å². The fraction of sp³-hybridized carbons (Fsp3) is 1.00. The smallest absolute Gasteiger partial charge is 0.119 e. The first-order valence-electron chi connectivity index (χ1n) is 5.61. The van der Waals surface area contributed by atoms with Crippen LogP contribution in [0.15, 0.2) is 0 Å². The summed E-state index contributed by atoms with van der Waals surface area (Å²) in [5, 5.41) is 3.51. The van der Waals surface area contributed by atoms with Gasteiger partial charge in [0.1, 0.15) is 5.72 Å². The number of hydrogen-bond donors (Lipinski definition) is 1. The molecule has 0 unspecified atom stereocenters. The third-order valence-electron chi connectivity index (χ3n) is 3.71. The van der Waals surface area contributed by atoms with E-state index in [-0.39, 0.29) is 5.72 Å². The molecule has 1 aliphatic heterocycles. The molecule has 0 aromatic rings. The van der Waals surface area contributed by atoms with Gasteiger partial charge in [0.05, 0.1) is 6.61 Å². The quantitative estimate of drug-likeness (QED) is 0.672. The molecule has 1 heterocycles. The van der Waals surface area contributed by atoms with Crippen LogP contribution in [-0.2, 0) is 4.74 Å². The molecule has 2 fully saturated rings. The Hall–Kier alpha value is -0.0800. The van der Waals surface area contributed by atoms with Crippen molar-refractivity contribution in [3.05, 3.63) is 0 Å². The van der Waals surface area contributed by atoms with Crippen LogP contribution in [0.3, 0.4) is 0 Å². The summed E-state index contributed by atoms with van der Waals surface area (Å²) in [6, 6.07) is 0. The summed E-state index contributed by atoms with van der Waals surface area (Å²) >= 11 is 0. The second-order valence-electron chi connectivity index (χ2n) is 4.85. The molecule has 1 saturated carbocycles. The number of ether oxygens (including phenoxy) is 1. The Bertz CT molecular complexity index is 163. The van der Waals surface area contributed by atoms with Crippen molar-refractivity contribution in [2.24, 2.45) is 11.8 Å². The standard InChI is InChI=1S/C11H21NO/c1-9(2)10-3-5-11(6-4-10)12-7-8-13-11/h9-10,12H,3-8H2,1-2H3. The Balaban J connectivity index is 1.88. The summed E-state index contributed by atoms with van der Waals surface area (Å²) in [6.45, 7) is 6.63. The first-order valence-corrected chi connectivity index (χ1v) is 5.61. The van der Waals surface area contributed by atoms with Crippen molar-refractivity contribution >= 4 is 0 Å². The molecule has 2 aliphatic rings. The fourth-order valence-electron chi connectivity index (χ4n) is 2.67. The maximum Gasteiger partial charge on any atom is 0.119 e. The van der Waals surface area contributed by atoms with Gasteiger partial charge in [-0.1, -0.05) is 13.8 Å². The normalized spacial score (nSPS) is 40.4. The van der Waals surface area contributed by atoms with Gasteiger partial charge in [0.25, 0.3) is 0 Å². The van der Waals surface area contributed by atoms with Gasteiger partial charge in [0.15, 0.2) is 0 Å². The summed E-state index contributed by atoms with van der Waals surface area (Å²) in [5.74, 6) is 1.77. The number of rotatable bonds is 1. The van der Waals surface area contributed by atoms with Gasteiger partial charge < -0.3 is 4.74 Å². The third-order valence-corrected chi connectivity index (χ3v) is 3.71. The molecule has 76 valence electrons. The molecule has 1 saturated heterocycles. The molecular formula is C11H21NO. The molecule has 2 rings (SSSR count). The van der Waals surface area contributed by atoms with Crippen molar-refractivity contribution in [2.75, 3.05) is 13.2 Å². The minimum atomic E-state index is 0.0887. The van der Waals surface area contributed by atoms with Crippen LogP contribution in [0.4, 0.5) is 0 Å². The molecule has 0 amide bonds. The van der Waals surface area contributed by atoms with E-state index in [1.54, 1.807) is 0 Å². The van der Waals surface area contributed by atoms with Crippen molar-refractivity contribution in [3.8, 4) is 0 Å². The Morgan fingerprint density at radius 2 is 2.00 bits per heavy atom. The minimum absolute atomic E-state index is 0.0887. The van der Waals surface area contributed by atoms with Crippen LogP contribution in [0, 0.1) is 11.8 Å². The zero-order chi connectivity index (χ0) is 9.31. The summed E-state index contributed by atoms with van der Waals surface area (Å²) in [4.78, 5) is 0. The lowest BCUT2D eigenvalue weighted by molar-refractivity contribution is -0.0524. The Morgan fingerprint density at radius 3 is 2.46 bits per heavy atom. The van der Waals surface area contributed by atoms with Crippen molar-refractivity contribution in [1.82, 2.24) is 5.32 Å². The van der Waals surface area contributed by atoms with Crippen molar-refractivity contribution in [1.29, 1.82) is 0 Å². The zero-order valence-corrected chi connectivity index (χ0v) is 8.81. The minimum Gasteiger partial charge on any atom is -0.359 e. The average molecular weight is 183 g/mol. The largest absolute Gasteiger partial charge is 0.359 e. The lowest BCUT2D eigenvalue weighted by atomic mass is 9.78. The van der Waals surface area contributed by atoms with Gasteiger partial charge in [-0.15, -0.1) is 0 Å². The average Bonchev–Trinajstić information content (AvgIpc) is 2.54. The van der Waals surface area contributed by atoms with Gasteiger partial charge in [0.2, 0.25) is 0 Å². The Kier molecular flexibility index (Phi) is 2.61. The molecule has 0 aromatic carbocycles. The molecule has 0 atom stereocenters. The van der Waals surface area contributed by atoms with Crippen molar-refractivity contribution < 1.29 is 4.74 Å². The van der Waals surface area contributed by atoms with Gasteiger partial charge in [-0.25, -0.2) is 0 Å². The lowest BCUT2D eigenvalue weighted by Crippen LogP contribution is -2.44. The molecule has 1 N–H and O–H groups in total. The zero-order valence-electron chi connectivity index (χ0n) is 8.81. The number of nitrogens with one attached hydrogen (secondary N) is 1. The Labute approximate surface area is 81.0 Å². The van der Waals surface area contributed by atoms with E-state index >= 15 is 0 Å². The summed E-state index contributed by atoms with van der Waals surface area (Å²) in [6.07, 6.45) is 5.11. The third kappa shape index (κ3) is 1.89. The molecule has 2 heteroatoms. The van der Waals surface area contributed by atoms with Gasteiger partial charge in [-0.2, -0.15) is 0 Å². The van der Waals surface area contributed by atoms with Gasteiger partial charge in [-0.05, 0) is 37.5 Å². The number of hydrogen-bond acceptors (Lipinski definition) is 2. The van der Waals surface area contributed by atoms with Crippen molar-refractivity contribution in [2.45, 2.75) is 45.3 Å². The van der Waals surface area contributed by atoms with Crippen LogP contribution >= 0.6 is 0 Å². The topological polar surface area (TPSA) is 21.3 Å². The van der Waals surface area contributed by atoms with Gasteiger partial charge in [-0.3, -0.25) is 5.32 Å². The SMILES string of the molecule is CC(C)C1CCC2(CC1)NCCO2. The maximum absolute atomic E-state index is 5.80. The van der Waals surface area contributed by atoms with E-state index in [4.69, 9.17) is 4.74 Å². The van der Waals surface area contributed by atoms with Crippen LogP contribution in [-0.4, -0.2) is 18.9 Å². The van der Waals surface area contributed by atoms with E-state index in [0.29, 0.717) is 0 Å². The fourth-order valence-corrected chi connectivity index (χ4v) is 2.67. The molecule has 0 aromatic heterocycles. The molecule has 13 heavy (non-hydrogen) atoms. The van der Waals surface area contributed by atoms with E-state index in [9.17, 15) is 0 Å². The maximum atomic E-state index is 5.80. The summed E-state index contributed by atoms with van der Waals surface area (Å²) in [7, 11) is 0. The predicted molar refractivity (Wildman–Crippen MR) is 53.5 cm³/mol. The molecule has 0 radical (unpaired) electrons. The summed E-state index contributed by atoms with van der Waals surface area (Å²) in [5.41, 5.74) is 0.0887. The van der Waals surface area contributed by atoms with Gasteiger partial charge >= 0.3 is 0 Å². The monoisotopic (exact) mass is 183 g/mol. The van der Waals surface area contributed by atoms with E-state index in [1.165, 1.54) is 25.7 Å². The van der Waals surface area contributed by atoms with E-state index in [2.05, 4.69) is 19.2 Å². The lowest BCUT2D eigenvalue weighted by Gasteiger charge is -2.37. The van der Waals surface area contributed by atoms with E-state index < -0.39 is 0 Å². The summed E-state index contributed by atoms with van der Waals surface area (Å²) < 4.78 is 5.80.